The Bertz CT molecular complexity index is 508. The first-order chi connectivity index (χ1) is 11.8. The molecule has 0 aliphatic carbocycles. The first-order valence-electron chi connectivity index (χ1n) is 8.74. The fourth-order valence-electron chi connectivity index (χ4n) is 2.10. The van der Waals surface area contributed by atoms with Gasteiger partial charge < -0.3 is 24.1 Å². The second-order valence-corrected chi connectivity index (χ2v) is 12.5. The molecule has 0 unspecified atom stereocenters. The number of methoxy groups -OCH3 is 2. The summed E-state index contributed by atoms with van der Waals surface area (Å²) in [6.07, 6.45) is -1.66. The van der Waals surface area contributed by atoms with Crippen molar-refractivity contribution in [3.05, 3.63) is 11.6 Å². The van der Waals surface area contributed by atoms with E-state index >= 15 is 0 Å². The third kappa shape index (κ3) is 6.83. The molecule has 0 saturated heterocycles. The van der Waals surface area contributed by atoms with Crippen molar-refractivity contribution in [3.8, 4) is 0 Å². The number of aliphatic hydroxyl groups is 2. The fourth-order valence-corrected chi connectivity index (χ4v) is 3.46. The maximum atomic E-state index is 11.9. The molecule has 0 rings (SSSR count). The summed E-state index contributed by atoms with van der Waals surface area (Å²) >= 11 is 0. The summed E-state index contributed by atoms with van der Waals surface area (Å²) in [5.74, 6) is -1.74. The van der Waals surface area contributed by atoms with Gasteiger partial charge in [-0.1, -0.05) is 34.1 Å². The average molecular weight is 391 g/mol. The number of hydrogen-bond donors (Lipinski definition) is 2. The minimum Gasteiger partial charge on any atom is -0.466 e. The van der Waals surface area contributed by atoms with Gasteiger partial charge in [-0.05, 0) is 24.6 Å². The third-order valence-corrected chi connectivity index (χ3v) is 9.25. The number of carbonyl (C=O) groups is 2. The molecule has 0 spiro atoms. The third-order valence-electron chi connectivity index (χ3n) is 4.74. The maximum absolute atomic E-state index is 11.9. The molecule has 0 radical (unpaired) electrons. The van der Waals surface area contributed by atoms with Crippen LogP contribution in [-0.4, -0.2) is 63.0 Å². The lowest BCUT2D eigenvalue weighted by Crippen LogP contribution is -2.50. The van der Waals surface area contributed by atoms with Gasteiger partial charge in [0.25, 0.3) is 0 Å². The summed E-state index contributed by atoms with van der Waals surface area (Å²) in [5.41, 5.74) is -0.369. The van der Waals surface area contributed by atoms with E-state index in [1.54, 1.807) is 0 Å². The molecule has 0 fully saturated rings. The van der Waals surface area contributed by atoms with E-state index < -0.39 is 38.6 Å². The largest absolute Gasteiger partial charge is 0.466 e. The zero-order valence-electron chi connectivity index (χ0n) is 17.2. The van der Waals surface area contributed by atoms with Gasteiger partial charge in [0.2, 0.25) is 0 Å². The normalized spacial score (nSPS) is 16.6. The van der Waals surface area contributed by atoms with E-state index in [9.17, 15) is 19.8 Å². The molecule has 0 saturated carbocycles. The quantitative estimate of drug-likeness (QED) is 0.353. The maximum Gasteiger partial charge on any atom is 0.336 e. The van der Waals surface area contributed by atoms with Crippen molar-refractivity contribution in [3.63, 3.8) is 0 Å². The minimum atomic E-state index is -2.22. The van der Waals surface area contributed by atoms with Crippen LogP contribution < -0.4 is 0 Å². The highest BCUT2D eigenvalue weighted by atomic mass is 28.4. The summed E-state index contributed by atoms with van der Waals surface area (Å²) in [5, 5.41) is 21.1. The van der Waals surface area contributed by atoms with E-state index in [-0.39, 0.29) is 10.6 Å². The van der Waals surface area contributed by atoms with Crippen LogP contribution in [0.5, 0.6) is 0 Å². The number of aliphatic hydroxyl groups excluding tert-OH is 2. The van der Waals surface area contributed by atoms with Crippen LogP contribution in [0.15, 0.2) is 11.6 Å². The molecular weight excluding hydrogens is 356 g/mol. The first kappa shape index (κ1) is 24.8. The van der Waals surface area contributed by atoms with Crippen LogP contribution in [0.2, 0.25) is 18.1 Å². The molecule has 0 aromatic heterocycles. The summed E-state index contributed by atoms with van der Waals surface area (Å²) in [6, 6.07) is 0. The Morgan fingerprint density at radius 2 is 1.65 bits per heavy atom. The van der Waals surface area contributed by atoms with Crippen molar-refractivity contribution in [2.24, 2.45) is 0 Å². The highest BCUT2D eigenvalue weighted by Gasteiger charge is 2.42. The smallest absolute Gasteiger partial charge is 0.336 e. The molecule has 0 aliphatic rings. The predicted molar refractivity (Wildman–Crippen MR) is 101 cm³/mol. The highest BCUT2D eigenvalue weighted by molar-refractivity contribution is 6.74. The zero-order valence-corrected chi connectivity index (χ0v) is 18.2. The first-order valence-corrected chi connectivity index (χ1v) is 11.6. The number of esters is 2. The lowest BCUT2D eigenvalue weighted by atomic mass is 9.97. The molecule has 8 heteroatoms. The van der Waals surface area contributed by atoms with Gasteiger partial charge in [-0.3, -0.25) is 0 Å². The van der Waals surface area contributed by atoms with Gasteiger partial charge >= 0.3 is 11.9 Å². The van der Waals surface area contributed by atoms with Gasteiger partial charge in [0.15, 0.2) is 8.32 Å². The van der Waals surface area contributed by atoms with Crippen LogP contribution in [-0.2, 0) is 23.5 Å². The molecule has 0 aromatic rings. The van der Waals surface area contributed by atoms with Gasteiger partial charge in [0, 0.05) is 6.08 Å². The van der Waals surface area contributed by atoms with Crippen LogP contribution in [0.3, 0.4) is 0 Å². The molecule has 0 heterocycles. The lowest BCUT2D eigenvalue weighted by Gasteiger charge is -2.41. The van der Waals surface area contributed by atoms with Gasteiger partial charge in [-0.15, -0.1) is 0 Å². The van der Waals surface area contributed by atoms with Crippen molar-refractivity contribution in [1.82, 2.24) is 0 Å². The Morgan fingerprint density at radius 3 is 2.04 bits per heavy atom. The standard InChI is InChI=1S/C18H34O7Si/c1-9-10-13(25-26(7,8)18(2,3)4)16(21)15(20)12(17(22)24-6)11-14(19)23-5/h11,13,15-16,20-21H,9-10H2,1-8H3/b12-11-/t13-,15-,16-/m0/s1. The van der Waals surface area contributed by atoms with E-state index in [1.165, 1.54) is 0 Å². The topological polar surface area (TPSA) is 102 Å². The highest BCUT2D eigenvalue weighted by Crippen LogP contribution is 2.38. The van der Waals surface area contributed by atoms with Gasteiger partial charge in [0.05, 0.1) is 25.9 Å². The number of rotatable bonds is 9. The van der Waals surface area contributed by atoms with E-state index in [4.69, 9.17) is 4.43 Å². The van der Waals surface area contributed by atoms with Crippen LogP contribution >= 0.6 is 0 Å². The molecule has 26 heavy (non-hydrogen) atoms. The van der Waals surface area contributed by atoms with Gasteiger partial charge in [-0.2, -0.15) is 0 Å². The molecule has 0 amide bonds. The van der Waals surface area contributed by atoms with E-state index in [0.717, 1.165) is 26.7 Å². The molecule has 0 aliphatic heterocycles. The second-order valence-electron chi connectivity index (χ2n) is 7.76. The monoisotopic (exact) mass is 390 g/mol. The molecule has 0 bridgehead atoms. The average Bonchev–Trinajstić information content (AvgIpc) is 2.55. The zero-order chi connectivity index (χ0) is 20.7. The molecule has 3 atom stereocenters. The van der Waals surface area contributed by atoms with Crippen molar-refractivity contribution >= 4 is 20.3 Å². The van der Waals surface area contributed by atoms with Crippen LogP contribution in [0.25, 0.3) is 0 Å². The van der Waals surface area contributed by atoms with E-state index in [0.29, 0.717) is 6.42 Å². The van der Waals surface area contributed by atoms with E-state index in [1.807, 2.05) is 20.0 Å². The van der Waals surface area contributed by atoms with Crippen molar-refractivity contribution < 1.29 is 33.7 Å². The van der Waals surface area contributed by atoms with E-state index in [2.05, 4.69) is 30.2 Å². The second kappa shape index (κ2) is 10.2. The summed E-state index contributed by atoms with van der Waals surface area (Å²) in [7, 11) is 0.0556. The Morgan fingerprint density at radius 1 is 1.12 bits per heavy atom. The molecule has 152 valence electrons. The van der Waals surface area contributed by atoms with Crippen molar-refractivity contribution in [2.75, 3.05) is 14.2 Å². The van der Waals surface area contributed by atoms with Crippen LogP contribution in [0, 0.1) is 0 Å². The van der Waals surface area contributed by atoms with Crippen LogP contribution in [0.1, 0.15) is 40.5 Å². The predicted octanol–water partition coefficient (Wildman–Crippen LogP) is 2.17. The lowest BCUT2D eigenvalue weighted by molar-refractivity contribution is -0.141. The number of carbonyl (C=O) groups excluding carboxylic acids is 2. The SMILES string of the molecule is CCC[C@H](O[Si](C)(C)C(C)(C)C)[C@H](O)[C@@H](O)/C(=C/C(=O)OC)C(=O)OC. The van der Waals surface area contributed by atoms with Gasteiger partial charge in [-0.25, -0.2) is 9.59 Å². The van der Waals surface area contributed by atoms with Crippen LogP contribution in [0.4, 0.5) is 0 Å². The molecule has 2 N–H and O–H groups in total. The Kier molecular flexibility index (Phi) is 9.72. The Labute approximate surface area is 157 Å². The fraction of sp³-hybridized carbons (Fsp3) is 0.778. The Balaban J connectivity index is 5.67. The van der Waals surface area contributed by atoms with Crippen molar-refractivity contribution in [1.29, 1.82) is 0 Å². The summed E-state index contributed by atoms with van der Waals surface area (Å²) in [4.78, 5) is 23.4. The molecular formula is C18H34O7Si. The molecule has 7 nitrogen and oxygen atoms in total. The summed E-state index contributed by atoms with van der Waals surface area (Å²) < 4.78 is 15.4. The molecule has 0 aromatic carbocycles. The summed E-state index contributed by atoms with van der Waals surface area (Å²) in [6.45, 7) is 12.2. The number of hydrogen-bond acceptors (Lipinski definition) is 7. The minimum absolute atomic E-state index is 0.0866. The number of ether oxygens (including phenoxy) is 2. The van der Waals surface area contributed by atoms with Gasteiger partial charge in [0.1, 0.15) is 12.2 Å². The Hall–Kier alpha value is -1.22. The van der Waals surface area contributed by atoms with Crippen molar-refractivity contribution in [2.45, 2.75) is 77.0 Å².